The number of hydrogen-bond donors (Lipinski definition) is 1. The van der Waals surface area contributed by atoms with Crippen LogP contribution < -0.4 is 10.6 Å². The van der Waals surface area contributed by atoms with E-state index in [2.05, 4.69) is 16.8 Å². The molecule has 0 spiro atoms. The minimum atomic E-state index is -0.344. The molecular formula is C12H18FN3O. The van der Waals surface area contributed by atoms with Crippen LogP contribution in [0.3, 0.4) is 0 Å². The fourth-order valence-corrected chi connectivity index (χ4v) is 2.08. The van der Waals surface area contributed by atoms with Gasteiger partial charge in [0.25, 0.3) is 0 Å². The Morgan fingerprint density at radius 1 is 1.59 bits per heavy atom. The van der Waals surface area contributed by atoms with Crippen molar-refractivity contribution in [3.8, 4) is 0 Å². The van der Waals surface area contributed by atoms with Gasteiger partial charge >= 0.3 is 0 Å². The Morgan fingerprint density at radius 2 is 2.35 bits per heavy atom. The molecule has 0 bridgehead atoms. The Balaban J connectivity index is 2.31. The van der Waals surface area contributed by atoms with Crippen LogP contribution in [0.15, 0.2) is 12.3 Å². The van der Waals surface area contributed by atoms with Crippen LogP contribution in [0.4, 0.5) is 10.2 Å². The third-order valence-corrected chi connectivity index (χ3v) is 3.01. The second kappa shape index (κ2) is 4.98. The fourth-order valence-electron chi connectivity index (χ4n) is 2.08. The maximum atomic E-state index is 13.1. The van der Waals surface area contributed by atoms with Crippen LogP contribution in [-0.2, 0) is 11.3 Å². The van der Waals surface area contributed by atoms with Gasteiger partial charge in [-0.15, -0.1) is 0 Å². The molecule has 0 aromatic carbocycles. The van der Waals surface area contributed by atoms with Crippen molar-refractivity contribution in [3.63, 3.8) is 0 Å². The van der Waals surface area contributed by atoms with Gasteiger partial charge in [0.15, 0.2) is 0 Å². The number of nitrogens with two attached hydrogens (primary N) is 1. The van der Waals surface area contributed by atoms with E-state index < -0.39 is 0 Å². The molecule has 0 amide bonds. The summed E-state index contributed by atoms with van der Waals surface area (Å²) in [7, 11) is 0. The predicted octanol–water partition coefficient (Wildman–Crippen LogP) is 1.29. The first-order valence-corrected chi connectivity index (χ1v) is 5.84. The number of aromatic nitrogens is 1. The van der Waals surface area contributed by atoms with Crippen molar-refractivity contribution in [2.45, 2.75) is 32.5 Å². The molecule has 2 atom stereocenters. The quantitative estimate of drug-likeness (QED) is 0.845. The molecule has 2 unspecified atom stereocenters. The first kappa shape index (κ1) is 12.3. The highest BCUT2D eigenvalue weighted by atomic mass is 19.1. The average Bonchev–Trinajstić information content (AvgIpc) is 2.32. The SMILES string of the molecule is CC1CN(c2ncc(F)cc2CN)C(C)CO1. The van der Waals surface area contributed by atoms with E-state index in [1.807, 2.05) is 6.92 Å². The summed E-state index contributed by atoms with van der Waals surface area (Å²) in [5, 5.41) is 0. The third-order valence-electron chi connectivity index (χ3n) is 3.01. The van der Waals surface area contributed by atoms with Crippen molar-refractivity contribution < 1.29 is 9.13 Å². The zero-order chi connectivity index (χ0) is 12.4. The molecule has 94 valence electrons. The molecule has 1 aliphatic heterocycles. The van der Waals surface area contributed by atoms with Crippen LogP contribution >= 0.6 is 0 Å². The van der Waals surface area contributed by atoms with Crippen molar-refractivity contribution >= 4 is 5.82 Å². The second-order valence-corrected chi connectivity index (χ2v) is 4.49. The van der Waals surface area contributed by atoms with Crippen molar-refractivity contribution in [1.29, 1.82) is 0 Å². The molecule has 1 saturated heterocycles. The third kappa shape index (κ3) is 2.56. The van der Waals surface area contributed by atoms with Crippen LogP contribution in [0.5, 0.6) is 0 Å². The zero-order valence-corrected chi connectivity index (χ0v) is 10.2. The van der Waals surface area contributed by atoms with Gasteiger partial charge < -0.3 is 15.4 Å². The van der Waals surface area contributed by atoms with Gasteiger partial charge in [-0.25, -0.2) is 9.37 Å². The van der Waals surface area contributed by atoms with Gasteiger partial charge in [-0.1, -0.05) is 0 Å². The van der Waals surface area contributed by atoms with E-state index in [-0.39, 0.29) is 18.0 Å². The number of hydrogen-bond acceptors (Lipinski definition) is 4. The van der Waals surface area contributed by atoms with Crippen LogP contribution in [0.25, 0.3) is 0 Å². The molecular weight excluding hydrogens is 221 g/mol. The highest BCUT2D eigenvalue weighted by Crippen LogP contribution is 2.23. The van der Waals surface area contributed by atoms with E-state index in [9.17, 15) is 4.39 Å². The number of anilines is 1. The number of nitrogens with zero attached hydrogens (tertiary/aromatic N) is 2. The molecule has 1 fully saturated rings. The Kier molecular flexibility index (Phi) is 3.59. The second-order valence-electron chi connectivity index (χ2n) is 4.49. The number of ether oxygens (including phenoxy) is 1. The summed E-state index contributed by atoms with van der Waals surface area (Å²) in [6.07, 6.45) is 1.39. The van der Waals surface area contributed by atoms with Crippen molar-refractivity contribution in [2.24, 2.45) is 5.73 Å². The predicted molar refractivity (Wildman–Crippen MR) is 64.3 cm³/mol. The van der Waals surface area contributed by atoms with Crippen LogP contribution in [0.2, 0.25) is 0 Å². The summed E-state index contributed by atoms with van der Waals surface area (Å²) in [4.78, 5) is 6.31. The molecule has 17 heavy (non-hydrogen) atoms. The Hall–Kier alpha value is -1.20. The maximum absolute atomic E-state index is 13.1. The zero-order valence-electron chi connectivity index (χ0n) is 10.2. The van der Waals surface area contributed by atoms with Crippen LogP contribution in [0.1, 0.15) is 19.4 Å². The lowest BCUT2D eigenvalue weighted by atomic mass is 10.1. The van der Waals surface area contributed by atoms with Gasteiger partial charge in [-0.05, 0) is 19.9 Å². The largest absolute Gasteiger partial charge is 0.375 e. The average molecular weight is 239 g/mol. The number of halogens is 1. The fraction of sp³-hybridized carbons (Fsp3) is 0.583. The van der Waals surface area contributed by atoms with E-state index in [0.29, 0.717) is 13.2 Å². The van der Waals surface area contributed by atoms with Gasteiger partial charge in [-0.2, -0.15) is 0 Å². The summed E-state index contributed by atoms with van der Waals surface area (Å²) in [6, 6.07) is 1.68. The number of pyridine rings is 1. The minimum Gasteiger partial charge on any atom is -0.375 e. The summed E-state index contributed by atoms with van der Waals surface area (Å²) < 4.78 is 18.7. The molecule has 2 rings (SSSR count). The lowest BCUT2D eigenvalue weighted by Crippen LogP contribution is -2.48. The summed E-state index contributed by atoms with van der Waals surface area (Å²) >= 11 is 0. The molecule has 0 radical (unpaired) electrons. The minimum absolute atomic E-state index is 0.156. The molecule has 2 N–H and O–H groups in total. The maximum Gasteiger partial charge on any atom is 0.141 e. The van der Waals surface area contributed by atoms with E-state index in [1.54, 1.807) is 0 Å². The highest BCUT2D eigenvalue weighted by Gasteiger charge is 2.26. The first-order valence-electron chi connectivity index (χ1n) is 5.84. The summed E-state index contributed by atoms with van der Waals surface area (Å²) in [5.74, 6) is 0.430. The Labute approximate surface area is 101 Å². The Bertz CT molecular complexity index is 399. The number of morpholine rings is 1. The normalized spacial score (nSPS) is 25.1. The van der Waals surface area contributed by atoms with Crippen LogP contribution in [0, 0.1) is 5.82 Å². The molecule has 1 aromatic rings. The molecule has 0 aliphatic carbocycles. The lowest BCUT2D eigenvalue weighted by molar-refractivity contribution is 0.0340. The van der Waals surface area contributed by atoms with Gasteiger partial charge in [0.1, 0.15) is 11.6 Å². The lowest BCUT2D eigenvalue weighted by Gasteiger charge is -2.38. The smallest absolute Gasteiger partial charge is 0.141 e. The molecule has 1 aliphatic rings. The van der Waals surface area contributed by atoms with E-state index >= 15 is 0 Å². The topological polar surface area (TPSA) is 51.4 Å². The summed E-state index contributed by atoms with van der Waals surface area (Å²) in [6.45, 7) is 5.79. The van der Waals surface area contributed by atoms with Gasteiger partial charge in [-0.3, -0.25) is 0 Å². The summed E-state index contributed by atoms with van der Waals surface area (Å²) in [5.41, 5.74) is 6.38. The first-order chi connectivity index (χ1) is 8.11. The van der Waals surface area contributed by atoms with E-state index in [1.165, 1.54) is 12.3 Å². The van der Waals surface area contributed by atoms with E-state index in [0.717, 1.165) is 17.9 Å². The molecule has 2 heterocycles. The molecule has 0 saturated carbocycles. The van der Waals surface area contributed by atoms with Crippen LogP contribution in [-0.4, -0.2) is 30.3 Å². The molecule has 4 nitrogen and oxygen atoms in total. The highest BCUT2D eigenvalue weighted by molar-refractivity contribution is 5.48. The molecule has 1 aromatic heterocycles. The van der Waals surface area contributed by atoms with Gasteiger partial charge in [0.2, 0.25) is 0 Å². The monoisotopic (exact) mass is 239 g/mol. The Morgan fingerprint density at radius 3 is 3.06 bits per heavy atom. The van der Waals surface area contributed by atoms with Gasteiger partial charge in [0.05, 0.1) is 24.9 Å². The van der Waals surface area contributed by atoms with Crippen molar-refractivity contribution in [2.75, 3.05) is 18.1 Å². The standard InChI is InChI=1S/C12H18FN3O/c1-8-7-17-9(2)6-16(8)12-10(4-14)3-11(13)5-15-12/h3,5,8-9H,4,6-7,14H2,1-2H3. The van der Waals surface area contributed by atoms with E-state index in [4.69, 9.17) is 10.5 Å². The van der Waals surface area contributed by atoms with Crippen molar-refractivity contribution in [3.05, 3.63) is 23.6 Å². The molecule has 5 heteroatoms. The number of rotatable bonds is 2. The van der Waals surface area contributed by atoms with Gasteiger partial charge in [0, 0.05) is 18.7 Å². The van der Waals surface area contributed by atoms with Crippen molar-refractivity contribution in [1.82, 2.24) is 4.98 Å².